The van der Waals surface area contributed by atoms with E-state index in [1.807, 2.05) is 0 Å². The van der Waals surface area contributed by atoms with Gasteiger partial charge in [-0.2, -0.15) is 0 Å². The summed E-state index contributed by atoms with van der Waals surface area (Å²) < 4.78 is 6.72. The fourth-order valence-corrected chi connectivity index (χ4v) is 1.93. The molecular weight excluding hydrogens is 254 g/mol. The van der Waals surface area contributed by atoms with Gasteiger partial charge in [0, 0.05) is 16.9 Å². The molecule has 1 aromatic rings. The Bertz CT molecular complexity index is 358. The lowest BCUT2D eigenvalue weighted by molar-refractivity contribution is 0.449. The second-order valence-electron chi connectivity index (χ2n) is 4.24. The molecule has 1 N–H and O–H groups in total. The number of hydrogen-bond donors (Lipinski definition) is 1. The number of rotatable bonds is 5. The van der Waals surface area contributed by atoms with Crippen LogP contribution >= 0.6 is 15.9 Å². The third kappa shape index (κ3) is 2.95. The highest BCUT2D eigenvalue weighted by Crippen LogP contribution is 2.47. The van der Waals surface area contributed by atoms with E-state index in [0.717, 1.165) is 35.0 Å². The summed E-state index contributed by atoms with van der Waals surface area (Å²) in [6, 6.07) is 4.17. The third-order valence-electron chi connectivity index (χ3n) is 2.77. The number of hydrogen-bond acceptors (Lipinski definition) is 2. The van der Waals surface area contributed by atoms with Crippen molar-refractivity contribution in [3.63, 3.8) is 0 Å². The summed E-state index contributed by atoms with van der Waals surface area (Å²) in [6.45, 7) is 7.57. The van der Waals surface area contributed by atoms with Gasteiger partial charge in [0.1, 0.15) is 11.5 Å². The minimum absolute atomic E-state index is 0.671. The van der Waals surface area contributed by atoms with E-state index in [1.165, 1.54) is 6.42 Å². The molecule has 0 amide bonds. The molecular formula is C12H16BrNO. The van der Waals surface area contributed by atoms with Crippen LogP contribution in [0.25, 0.3) is 0 Å². The molecule has 0 saturated heterocycles. The number of halogens is 1. The normalized spacial score (nSPS) is 24.1. The van der Waals surface area contributed by atoms with E-state index < -0.39 is 0 Å². The van der Waals surface area contributed by atoms with E-state index in [-0.39, 0.29) is 0 Å². The monoisotopic (exact) mass is 269 g/mol. The maximum atomic E-state index is 5.75. The molecule has 1 aromatic heterocycles. The van der Waals surface area contributed by atoms with Crippen molar-refractivity contribution in [1.29, 1.82) is 0 Å². The Balaban J connectivity index is 1.82. The van der Waals surface area contributed by atoms with Gasteiger partial charge >= 0.3 is 0 Å². The molecule has 2 nitrogen and oxygen atoms in total. The molecule has 1 aliphatic rings. The van der Waals surface area contributed by atoms with E-state index in [1.54, 1.807) is 0 Å². The van der Waals surface area contributed by atoms with Crippen LogP contribution in [0.2, 0.25) is 0 Å². The second kappa shape index (κ2) is 4.54. The van der Waals surface area contributed by atoms with E-state index >= 15 is 0 Å². The minimum Gasteiger partial charge on any atom is -0.464 e. The summed E-state index contributed by atoms with van der Waals surface area (Å²) in [5, 5.41) is 3.24. The average Bonchev–Trinajstić information content (AvgIpc) is 2.73. The molecule has 0 radical (unpaired) electrons. The van der Waals surface area contributed by atoms with Crippen molar-refractivity contribution in [1.82, 2.24) is 5.32 Å². The quantitative estimate of drug-likeness (QED) is 0.887. The fourth-order valence-electron chi connectivity index (χ4n) is 1.73. The van der Waals surface area contributed by atoms with Gasteiger partial charge in [-0.1, -0.05) is 29.4 Å². The Morgan fingerprint density at radius 2 is 2.40 bits per heavy atom. The first-order valence-corrected chi connectivity index (χ1v) is 6.08. The van der Waals surface area contributed by atoms with E-state index in [0.29, 0.717) is 5.92 Å². The zero-order chi connectivity index (χ0) is 10.8. The van der Waals surface area contributed by atoms with Gasteiger partial charge < -0.3 is 9.73 Å². The maximum Gasteiger partial charge on any atom is 0.117 e. The van der Waals surface area contributed by atoms with Crippen molar-refractivity contribution in [2.24, 2.45) is 5.92 Å². The van der Waals surface area contributed by atoms with Crippen LogP contribution < -0.4 is 5.32 Å². The van der Waals surface area contributed by atoms with Crippen molar-refractivity contribution in [3.8, 4) is 0 Å². The van der Waals surface area contributed by atoms with Gasteiger partial charge in [-0.15, -0.1) is 0 Å². The van der Waals surface area contributed by atoms with Crippen molar-refractivity contribution in [2.45, 2.75) is 25.8 Å². The minimum atomic E-state index is 0.671. The number of nitrogens with one attached hydrogen (secondary N) is 1. The maximum absolute atomic E-state index is 5.75. The number of furan rings is 1. The Morgan fingerprint density at radius 3 is 3.00 bits per heavy atom. The predicted molar refractivity (Wildman–Crippen MR) is 65.0 cm³/mol. The van der Waals surface area contributed by atoms with Crippen molar-refractivity contribution >= 4 is 15.9 Å². The van der Waals surface area contributed by atoms with E-state index in [4.69, 9.17) is 4.42 Å². The van der Waals surface area contributed by atoms with E-state index in [2.05, 4.69) is 46.9 Å². The molecule has 0 aliphatic heterocycles. The molecule has 1 fully saturated rings. The van der Waals surface area contributed by atoms with Crippen LogP contribution in [0.3, 0.4) is 0 Å². The Hall–Kier alpha value is -0.540. The van der Waals surface area contributed by atoms with Gasteiger partial charge in [0.05, 0.1) is 6.54 Å². The van der Waals surface area contributed by atoms with Crippen LogP contribution in [0, 0.1) is 5.92 Å². The van der Waals surface area contributed by atoms with Gasteiger partial charge in [-0.05, 0) is 24.5 Å². The molecule has 2 rings (SSSR count). The molecule has 15 heavy (non-hydrogen) atoms. The summed E-state index contributed by atoms with van der Waals surface area (Å²) in [6.07, 6.45) is 1.28. The molecule has 1 saturated carbocycles. The third-order valence-corrected chi connectivity index (χ3v) is 3.05. The SMILES string of the molecule is C=C(Br)CNCc1ccc(C2CC2C)o1. The van der Waals surface area contributed by atoms with Crippen LogP contribution in [-0.4, -0.2) is 6.54 Å². The molecule has 2 atom stereocenters. The van der Waals surface area contributed by atoms with Crippen LogP contribution in [-0.2, 0) is 6.54 Å². The second-order valence-corrected chi connectivity index (χ2v) is 5.37. The topological polar surface area (TPSA) is 25.2 Å². The lowest BCUT2D eigenvalue weighted by atomic mass is 10.3. The van der Waals surface area contributed by atoms with Crippen LogP contribution in [0.15, 0.2) is 27.6 Å². The Labute approximate surface area is 98.9 Å². The highest BCUT2D eigenvalue weighted by Gasteiger charge is 2.36. The molecule has 2 unspecified atom stereocenters. The molecule has 0 aromatic carbocycles. The summed E-state index contributed by atoms with van der Waals surface area (Å²) in [4.78, 5) is 0. The summed E-state index contributed by atoms with van der Waals surface area (Å²) >= 11 is 3.31. The van der Waals surface area contributed by atoms with Gasteiger partial charge in [-0.25, -0.2) is 0 Å². The van der Waals surface area contributed by atoms with Crippen molar-refractivity contribution in [3.05, 3.63) is 34.7 Å². The fraction of sp³-hybridized carbons (Fsp3) is 0.500. The summed E-state index contributed by atoms with van der Waals surface area (Å²) in [5.74, 6) is 3.64. The first-order valence-electron chi connectivity index (χ1n) is 5.29. The summed E-state index contributed by atoms with van der Waals surface area (Å²) in [5.41, 5.74) is 0. The zero-order valence-corrected chi connectivity index (χ0v) is 10.5. The van der Waals surface area contributed by atoms with Crippen LogP contribution in [0.4, 0.5) is 0 Å². The first kappa shape index (κ1) is 11.0. The molecule has 0 spiro atoms. The van der Waals surface area contributed by atoms with Crippen LogP contribution in [0.5, 0.6) is 0 Å². The molecule has 1 aliphatic carbocycles. The largest absolute Gasteiger partial charge is 0.464 e. The molecule has 0 bridgehead atoms. The summed E-state index contributed by atoms with van der Waals surface area (Å²) in [7, 11) is 0. The average molecular weight is 270 g/mol. The predicted octanol–water partition coefficient (Wildman–Crippen LogP) is 3.40. The molecule has 82 valence electrons. The highest BCUT2D eigenvalue weighted by atomic mass is 79.9. The lowest BCUT2D eigenvalue weighted by Gasteiger charge is -2.00. The van der Waals surface area contributed by atoms with Gasteiger partial charge in [-0.3, -0.25) is 0 Å². The van der Waals surface area contributed by atoms with E-state index in [9.17, 15) is 0 Å². The Kier molecular flexibility index (Phi) is 3.32. The van der Waals surface area contributed by atoms with Crippen LogP contribution in [0.1, 0.15) is 30.8 Å². The zero-order valence-electron chi connectivity index (χ0n) is 8.92. The molecule has 1 heterocycles. The Morgan fingerprint density at radius 1 is 1.67 bits per heavy atom. The standard InChI is InChI=1S/C12H16BrNO/c1-8-5-11(8)12-4-3-10(15-12)7-14-6-9(2)13/h3-4,8,11,14H,2,5-7H2,1H3. The molecule has 3 heteroatoms. The van der Waals surface area contributed by atoms with Gasteiger partial charge in [0.15, 0.2) is 0 Å². The first-order chi connectivity index (χ1) is 7.16. The van der Waals surface area contributed by atoms with Gasteiger partial charge in [0.25, 0.3) is 0 Å². The van der Waals surface area contributed by atoms with Gasteiger partial charge in [0.2, 0.25) is 0 Å². The smallest absolute Gasteiger partial charge is 0.117 e. The van der Waals surface area contributed by atoms with Crippen molar-refractivity contribution < 1.29 is 4.42 Å². The highest BCUT2D eigenvalue weighted by molar-refractivity contribution is 9.11. The lowest BCUT2D eigenvalue weighted by Crippen LogP contribution is -2.13. The van der Waals surface area contributed by atoms with Crippen molar-refractivity contribution in [2.75, 3.05) is 6.54 Å².